The zero-order valence-corrected chi connectivity index (χ0v) is 11.4. The second-order valence-electron chi connectivity index (χ2n) is 6.00. The van der Waals surface area contributed by atoms with E-state index in [0.29, 0.717) is 0 Å². The zero-order chi connectivity index (χ0) is 12.7. The number of imidazole rings is 1. The first-order valence-electron chi connectivity index (χ1n) is 7.59. The van der Waals surface area contributed by atoms with Crippen LogP contribution in [-0.4, -0.2) is 22.6 Å². The van der Waals surface area contributed by atoms with Crippen LogP contribution in [0, 0.1) is 5.92 Å². The Balaban J connectivity index is 1.63. The van der Waals surface area contributed by atoms with E-state index >= 15 is 0 Å². The maximum absolute atomic E-state index is 4.73. The standard InChI is InChI=1S/C16H21N3/c1-2-16-18-14-4-3-13(11-15(14)19(16)9-1)10-12-5-7-17-8-6-12/h3-4,11-12,17H,1-2,5-10H2. The van der Waals surface area contributed by atoms with Crippen LogP contribution in [0.3, 0.4) is 0 Å². The van der Waals surface area contributed by atoms with Gasteiger partial charge >= 0.3 is 0 Å². The average molecular weight is 255 g/mol. The molecule has 1 saturated heterocycles. The van der Waals surface area contributed by atoms with Gasteiger partial charge < -0.3 is 9.88 Å². The predicted octanol–water partition coefficient (Wildman–Crippen LogP) is 2.52. The van der Waals surface area contributed by atoms with Crippen LogP contribution in [-0.2, 0) is 19.4 Å². The fourth-order valence-corrected chi connectivity index (χ4v) is 3.60. The molecule has 0 bridgehead atoms. The third-order valence-corrected chi connectivity index (χ3v) is 4.66. The minimum absolute atomic E-state index is 0.861. The van der Waals surface area contributed by atoms with Gasteiger partial charge in [-0.15, -0.1) is 0 Å². The highest BCUT2D eigenvalue weighted by molar-refractivity contribution is 5.77. The van der Waals surface area contributed by atoms with Crippen LogP contribution in [0.1, 0.15) is 30.7 Å². The lowest BCUT2D eigenvalue weighted by Gasteiger charge is -2.22. The second kappa shape index (κ2) is 4.64. The molecule has 2 aliphatic heterocycles. The number of aromatic nitrogens is 2. The van der Waals surface area contributed by atoms with E-state index in [-0.39, 0.29) is 0 Å². The highest BCUT2D eigenvalue weighted by Crippen LogP contribution is 2.25. The molecular weight excluding hydrogens is 234 g/mol. The summed E-state index contributed by atoms with van der Waals surface area (Å²) in [5, 5.41) is 3.45. The van der Waals surface area contributed by atoms with E-state index in [2.05, 4.69) is 28.1 Å². The van der Waals surface area contributed by atoms with Gasteiger partial charge in [-0.3, -0.25) is 0 Å². The van der Waals surface area contributed by atoms with Gasteiger partial charge in [-0.25, -0.2) is 4.98 Å². The maximum Gasteiger partial charge on any atom is 0.109 e. The molecule has 0 saturated carbocycles. The molecular formula is C16H21N3. The van der Waals surface area contributed by atoms with Gasteiger partial charge in [0.05, 0.1) is 11.0 Å². The minimum Gasteiger partial charge on any atom is -0.328 e. The number of piperidine rings is 1. The Morgan fingerprint density at radius 3 is 3.05 bits per heavy atom. The molecule has 19 heavy (non-hydrogen) atoms. The molecule has 100 valence electrons. The number of hydrogen-bond acceptors (Lipinski definition) is 2. The summed E-state index contributed by atoms with van der Waals surface area (Å²) in [5.41, 5.74) is 4.04. The summed E-state index contributed by atoms with van der Waals surface area (Å²) in [5.74, 6) is 2.15. The number of nitrogens with one attached hydrogen (secondary N) is 1. The number of rotatable bonds is 2. The van der Waals surface area contributed by atoms with E-state index < -0.39 is 0 Å². The Bertz CT molecular complexity index is 593. The molecule has 3 heteroatoms. The van der Waals surface area contributed by atoms with Crippen molar-refractivity contribution in [3.05, 3.63) is 29.6 Å². The molecule has 1 N–H and O–H groups in total. The number of benzene rings is 1. The van der Waals surface area contributed by atoms with Crippen molar-refractivity contribution in [3.8, 4) is 0 Å². The average Bonchev–Trinajstić information content (AvgIpc) is 3.01. The van der Waals surface area contributed by atoms with Crippen molar-refractivity contribution >= 4 is 11.0 Å². The highest BCUT2D eigenvalue weighted by atomic mass is 15.1. The molecule has 4 rings (SSSR count). The molecule has 3 nitrogen and oxygen atoms in total. The Morgan fingerprint density at radius 2 is 2.16 bits per heavy atom. The number of aryl methyl sites for hydroxylation is 2. The Kier molecular flexibility index (Phi) is 2.80. The van der Waals surface area contributed by atoms with Crippen molar-refractivity contribution in [2.45, 2.75) is 38.6 Å². The summed E-state index contributed by atoms with van der Waals surface area (Å²) >= 11 is 0. The molecule has 1 aromatic carbocycles. The lowest BCUT2D eigenvalue weighted by atomic mass is 9.91. The molecule has 0 aliphatic carbocycles. The minimum atomic E-state index is 0.861. The van der Waals surface area contributed by atoms with E-state index in [1.165, 1.54) is 61.2 Å². The third kappa shape index (κ3) is 2.06. The lowest BCUT2D eigenvalue weighted by Crippen LogP contribution is -2.28. The van der Waals surface area contributed by atoms with Crippen molar-refractivity contribution in [2.75, 3.05) is 13.1 Å². The maximum atomic E-state index is 4.73. The van der Waals surface area contributed by atoms with Gasteiger partial charge in [0.15, 0.2) is 0 Å². The van der Waals surface area contributed by atoms with Crippen molar-refractivity contribution in [1.29, 1.82) is 0 Å². The van der Waals surface area contributed by atoms with Gasteiger partial charge in [0.2, 0.25) is 0 Å². The van der Waals surface area contributed by atoms with Crippen molar-refractivity contribution in [2.24, 2.45) is 5.92 Å². The van der Waals surface area contributed by atoms with E-state index in [1.54, 1.807) is 0 Å². The molecule has 0 radical (unpaired) electrons. The normalized spacial score (nSPS) is 20.0. The van der Waals surface area contributed by atoms with Crippen LogP contribution in [0.2, 0.25) is 0 Å². The van der Waals surface area contributed by atoms with Crippen molar-refractivity contribution in [1.82, 2.24) is 14.9 Å². The number of hydrogen-bond donors (Lipinski definition) is 1. The summed E-state index contributed by atoms with van der Waals surface area (Å²) in [6.07, 6.45) is 6.29. The molecule has 2 aromatic rings. The largest absolute Gasteiger partial charge is 0.328 e. The summed E-state index contributed by atoms with van der Waals surface area (Å²) in [4.78, 5) is 4.73. The summed E-state index contributed by atoms with van der Waals surface area (Å²) in [7, 11) is 0. The first-order chi connectivity index (χ1) is 9.40. The van der Waals surface area contributed by atoms with Gasteiger partial charge in [0.1, 0.15) is 5.82 Å². The summed E-state index contributed by atoms with van der Waals surface area (Å²) < 4.78 is 2.42. The molecule has 3 heterocycles. The Hall–Kier alpha value is -1.35. The van der Waals surface area contributed by atoms with Crippen LogP contribution in [0.15, 0.2) is 18.2 Å². The lowest BCUT2D eigenvalue weighted by molar-refractivity contribution is 0.373. The monoisotopic (exact) mass is 255 g/mol. The van der Waals surface area contributed by atoms with Crippen LogP contribution in [0.25, 0.3) is 11.0 Å². The quantitative estimate of drug-likeness (QED) is 0.893. The first kappa shape index (κ1) is 11.5. The predicted molar refractivity (Wildman–Crippen MR) is 77.4 cm³/mol. The highest BCUT2D eigenvalue weighted by Gasteiger charge is 2.17. The smallest absolute Gasteiger partial charge is 0.109 e. The van der Waals surface area contributed by atoms with Gasteiger partial charge in [-0.05, 0) is 62.4 Å². The zero-order valence-electron chi connectivity index (χ0n) is 11.4. The van der Waals surface area contributed by atoms with E-state index in [0.717, 1.165) is 18.9 Å². The van der Waals surface area contributed by atoms with Gasteiger partial charge in [0.25, 0.3) is 0 Å². The van der Waals surface area contributed by atoms with Gasteiger partial charge in [-0.2, -0.15) is 0 Å². The topological polar surface area (TPSA) is 29.9 Å². The van der Waals surface area contributed by atoms with Gasteiger partial charge in [-0.1, -0.05) is 6.07 Å². The molecule has 2 aliphatic rings. The number of nitrogens with zero attached hydrogens (tertiary/aromatic N) is 2. The van der Waals surface area contributed by atoms with Crippen LogP contribution in [0.5, 0.6) is 0 Å². The van der Waals surface area contributed by atoms with Crippen molar-refractivity contribution < 1.29 is 0 Å². The van der Waals surface area contributed by atoms with E-state index in [1.807, 2.05) is 0 Å². The van der Waals surface area contributed by atoms with Crippen LogP contribution >= 0.6 is 0 Å². The molecule has 0 spiro atoms. The fraction of sp³-hybridized carbons (Fsp3) is 0.562. The van der Waals surface area contributed by atoms with Crippen molar-refractivity contribution in [3.63, 3.8) is 0 Å². The van der Waals surface area contributed by atoms with E-state index in [9.17, 15) is 0 Å². The van der Waals surface area contributed by atoms with E-state index in [4.69, 9.17) is 4.98 Å². The van der Waals surface area contributed by atoms with Crippen LogP contribution in [0.4, 0.5) is 0 Å². The third-order valence-electron chi connectivity index (χ3n) is 4.66. The Morgan fingerprint density at radius 1 is 1.26 bits per heavy atom. The molecule has 0 amide bonds. The molecule has 0 unspecified atom stereocenters. The second-order valence-corrected chi connectivity index (χ2v) is 6.00. The first-order valence-corrected chi connectivity index (χ1v) is 7.59. The Labute approximate surface area is 114 Å². The summed E-state index contributed by atoms with van der Waals surface area (Å²) in [6, 6.07) is 6.89. The SMILES string of the molecule is c1cc2nc3n(c2cc1CC1CCNCC1)CCC3. The number of fused-ring (bicyclic) bond motifs is 3. The molecule has 0 atom stereocenters. The summed E-state index contributed by atoms with van der Waals surface area (Å²) in [6.45, 7) is 3.53. The van der Waals surface area contributed by atoms with Gasteiger partial charge in [0, 0.05) is 13.0 Å². The molecule has 1 fully saturated rings. The molecule has 1 aromatic heterocycles. The fourth-order valence-electron chi connectivity index (χ4n) is 3.60. The van der Waals surface area contributed by atoms with Crippen LogP contribution < -0.4 is 5.32 Å².